The molecule has 3 nitrogen and oxygen atoms in total. The Labute approximate surface area is 118 Å². The molecule has 0 bridgehead atoms. The molecule has 0 radical (unpaired) electrons. The van der Waals surface area contributed by atoms with Gasteiger partial charge < -0.3 is 5.32 Å². The van der Waals surface area contributed by atoms with E-state index in [9.17, 15) is 4.79 Å². The van der Waals surface area contributed by atoms with Crippen LogP contribution in [0.5, 0.6) is 0 Å². The zero-order chi connectivity index (χ0) is 13.2. The second kappa shape index (κ2) is 4.99. The number of amides is 1. The van der Waals surface area contributed by atoms with Crippen molar-refractivity contribution in [3.05, 3.63) is 58.6 Å². The minimum absolute atomic E-state index is 0.155. The fourth-order valence-corrected chi connectivity index (χ4v) is 2.67. The molecule has 1 N–H and O–H groups in total. The Hall–Kier alpha value is -1.91. The van der Waals surface area contributed by atoms with E-state index in [4.69, 9.17) is 11.6 Å². The second-order valence-corrected chi connectivity index (χ2v) is 5.32. The molecule has 0 saturated carbocycles. The van der Waals surface area contributed by atoms with Crippen molar-refractivity contribution in [2.24, 2.45) is 0 Å². The molecule has 0 aliphatic carbocycles. The number of anilines is 1. The van der Waals surface area contributed by atoms with E-state index in [2.05, 4.69) is 10.3 Å². The Morgan fingerprint density at radius 2 is 2.11 bits per heavy atom. The van der Waals surface area contributed by atoms with Gasteiger partial charge in [0.1, 0.15) is 0 Å². The standard InChI is InChI=1S/C14H9ClN2OS/c15-10-2-1-3-11(7-10)17-14(18)9-4-5-12-13(6-9)19-8-16-12/h1-8H,(H,17,18). The van der Waals surface area contributed by atoms with Crippen LogP contribution in [-0.4, -0.2) is 10.9 Å². The van der Waals surface area contributed by atoms with E-state index in [0.717, 1.165) is 10.2 Å². The predicted octanol–water partition coefficient (Wildman–Crippen LogP) is 4.20. The van der Waals surface area contributed by atoms with Crippen LogP contribution >= 0.6 is 22.9 Å². The van der Waals surface area contributed by atoms with Gasteiger partial charge in [-0.2, -0.15) is 0 Å². The van der Waals surface area contributed by atoms with E-state index in [0.29, 0.717) is 16.3 Å². The number of hydrogen-bond donors (Lipinski definition) is 1. The van der Waals surface area contributed by atoms with E-state index in [-0.39, 0.29) is 5.91 Å². The first-order chi connectivity index (χ1) is 9.22. The molecule has 0 fully saturated rings. The smallest absolute Gasteiger partial charge is 0.255 e. The third-order valence-corrected chi connectivity index (χ3v) is 3.70. The first kappa shape index (κ1) is 12.1. The number of nitrogens with zero attached hydrogens (tertiary/aromatic N) is 1. The highest BCUT2D eigenvalue weighted by molar-refractivity contribution is 7.16. The number of thiazole rings is 1. The summed E-state index contributed by atoms with van der Waals surface area (Å²) in [4.78, 5) is 16.3. The summed E-state index contributed by atoms with van der Waals surface area (Å²) in [7, 11) is 0. The number of fused-ring (bicyclic) bond motifs is 1. The van der Waals surface area contributed by atoms with Gasteiger partial charge in [-0.05, 0) is 36.4 Å². The number of carbonyl (C=O) groups is 1. The maximum absolute atomic E-state index is 12.1. The Morgan fingerprint density at radius 3 is 2.95 bits per heavy atom. The van der Waals surface area contributed by atoms with Gasteiger partial charge >= 0.3 is 0 Å². The van der Waals surface area contributed by atoms with E-state index < -0.39 is 0 Å². The third-order valence-electron chi connectivity index (χ3n) is 2.68. The lowest BCUT2D eigenvalue weighted by Crippen LogP contribution is -2.11. The highest BCUT2D eigenvalue weighted by atomic mass is 35.5. The lowest BCUT2D eigenvalue weighted by molar-refractivity contribution is 0.102. The van der Waals surface area contributed by atoms with E-state index in [1.807, 2.05) is 12.1 Å². The van der Waals surface area contributed by atoms with Crippen LogP contribution < -0.4 is 5.32 Å². The van der Waals surface area contributed by atoms with E-state index >= 15 is 0 Å². The fraction of sp³-hybridized carbons (Fsp3) is 0. The zero-order valence-corrected chi connectivity index (χ0v) is 11.3. The number of aromatic nitrogens is 1. The van der Waals surface area contributed by atoms with Gasteiger partial charge in [-0.1, -0.05) is 17.7 Å². The molecular formula is C14H9ClN2OS. The first-order valence-electron chi connectivity index (χ1n) is 5.62. The second-order valence-electron chi connectivity index (χ2n) is 4.00. The number of carbonyl (C=O) groups excluding carboxylic acids is 1. The highest BCUT2D eigenvalue weighted by Crippen LogP contribution is 2.20. The van der Waals surface area contributed by atoms with Gasteiger partial charge in [-0.15, -0.1) is 11.3 Å². The SMILES string of the molecule is O=C(Nc1cccc(Cl)c1)c1ccc2ncsc2c1. The molecule has 0 saturated heterocycles. The van der Waals surface area contributed by atoms with Crippen molar-refractivity contribution in [1.29, 1.82) is 0 Å². The predicted molar refractivity (Wildman–Crippen MR) is 79.0 cm³/mol. The Morgan fingerprint density at radius 1 is 1.21 bits per heavy atom. The van der Waals surface area contributed by atoms with Crippen molar-refractivity contribution in [1.82, 2.24) is 4.98 Å². The molecule has 0 unspecified atom stereocenters. The van der Waals surface area contributed by atoms with Gasteiger partial charge in [0.25, 0.3) is 5.91 Å². The third kappa shape index (κ3) is 2.59. The van der Waals surface area contributed by atoms with Crippen LogP contribution in [0.25, 0.3) is 10.2 Å². The zero-order valence-electron chi connectivity index (χ0n) is 9.76. The molecule has 3 rings (SSSR count). The quantitative estimate of drug-likeness (QED) is 0.768. The number of rotatable bonds is 2. The summed E-state index contributed by atoms with van der Waals surface area (Å²) in [6.07, 6.45) is 0. The molecule has 5 heteroatoms. The first-order valence-corrected chi connectivity index (χ1v) is 6.88. The monoisotopic (exact) mass is 288 g/mol. The highest BCUT2D eigenvalue weighted by Gasteiger charge is 2.08. The molecule has 94 valence electrons. The van der Waals surface area contributed by atoms with Crippen LogP contribution in [0.15, 0.2) is 48.0 Å². The van der Waals surface area contributed by atoms with Gasteiger partial charge in [0.2, 0.25) is 0 Å². The molecule has 1 amide bonds. The number of nitrogens with one attached hydrogen (secondary N) is 1. The normalized spacial score (nSPS) is 10.6. The van der Waals surface area contributed by atoms with Crippen molar-refractivity contribution in [3.8, 4) is 0 Å². The summed E-state index contributed by atoms with van der Waals surface area (Å²) in [5.74, 6) is -0.155. The summed E-state index contributed by atoms with van der Waals surface area (Å²) in [5.41, 5.74) is 3.96. The van der Waals surface area contributed by atoms with Gasteiger partial charge in [0, 0.05) is 16.3 Å². The average Bonchev–Trinajstić information content (AvgIpc) is 2.85. The van der Waals surface area contributed by atoms with Gasteiger partial charge in [-0.3, -0.25) is 4.79 Å². The minimum atomic E-state index is -0.155. The van der Waals surface area contributed by atoms with Crippen LogP contribution in [0, 0.1) is 0 Å². The largest absolute Gasteiger partial charge is 0.322 e. The van der Waals surface area contributed by atoms with Crippen molar-refractivity contribution < 1.29 is 4.79 Å². The molecule has 0 spiro atoms. The van der Waals surface area contributed by atoms with Gasteiger partial charge in [0.15, 0.2) is 0 Å². The van der Waals surface area contributed by atoms with E-state index in [1.165, 1.54) is 11.3 Å². The lowest BCUT2D eigenvalue weighted by Gasteiger charge is -2.05. The summed E-state index contributed by atoms with van der Waals surface area (Å²) in [5, 5.41) is 3.41. The maximum atomic E-state index is 12.1. The van der Waals surface area contributed by atoms with Crippen LogP contribution in [0.4, 0.5) is 5.69 Å². The lowest BCUT2D eigenvalue weighted by atomic mass is 10.2. The van der Waals surface area contributed by atoms with Crippen molar-refractivity contribution in [2.45, 2.75) is 0 Å². The van der Waals surface area contributed by atoms with Gasteiger partial charge in [-0.25, -0.2) is 4.98 Å². The minimum Gasteiger partial charge on any atom is -0.322 e. The van der Waals surface area contributed by atoms with Gasteiger partial charge in [0.05, 0.1) is 15.7 Å². The van der Waals surface area contributed by atoms with E-state index in [1.54, 1.807) is 35.8 Å². The van der Waals surface area contributed by atoms with Crippen LogP contribution in [-0.2, 0) is 0 Å². The number of benzene rings is 2. The van der Waals surface area contributed by atoms with Crippen molar-refractivity contribution in [2.75, 3.05) is 5.32 Å². The summed E-state index contributed by atoms with van der Waals surface area (Å²) in [6, 6.07) is 12.5. The number of halogens is 1. The Bertz CT molecular complexity index is 754. The fourth-order valence-electron chi connectivity index (χ4n) is 1.77. The number of hydrogen-bond acceptors (Lipinski definition) is 3. The van der Waals surface area contributed by atoms with Crippen molar-refractivity contribution in [3.63, 3.8) is 0 Å². The summed E-state index contributed by atoms with van der Waals surface area (Å²) in [6.45, 7) is 0. The van der Waals surface area contributed by atoms with Crippen LogP contribution in [0.3, 0.4) is 0 Å². The van der Waals surface area contributed by atoms with Crippen molar-refractivity contribution >= 4 is 44.7 Å². The topological polar surface area (TPSA) is 42.0 Å². The molecule has 3 aromatic rings. The molecule has 0 atom stereocenters. The van der Waals surface area contributed by atoms with Crippen LogP contribution in [0.2, 0.25) is 5.02 Å². The Balaban J connectivity index is 1.87. The molecule has 2 aromatic carbocycles. The Kier molecular flexibility index (Phi) is 3.19. The maximum Gasteiger partial charge on any atom is 0.255 e. The molecular weight excluding hydrogens is 280 g/mol. The summed E-state index contributed by atoms with van der Waals surface area (Å²) < 4.78 is 0.999. The average molecular weight is 289 g/mol. The molecule has 1 aromatic heterocycles. The molecule has 19 heavy (non-hydrogen) atoms. The molecule has 0 aliphatic rings. The van der Waals surface area contributed by atoms with Crippen LogP contribution in [0.1, 0.15) is 10.4 Å². The molecule has 1 heterocycles. The molecule has 0 aliphatic heterocycles. The summed E-state index contributed by atoms with van der Waals surface area (Å²) >= 11 is 7.40.